The molecule has 0 aliphatic rings. The summed E-state index contributed by atoms with van der Waals surface area (Å²) in [5.74, 6) is -0.826. The molecule has 88 valence electrons. The first-order valence-corrected chi connectivity index (χ1v) is 4.99. The number of hydrogen-bond acceptors (Lipinski definition) is 3. The van der Waals surface area contributed by atoms with E-state index in [0.29, 0.717) is 6.61 Å². The molecule has 0 aliphatic carbocycles. The van der Waals surface area contributed by atoms with Crippen molar-refractivity contribution in [2.45, 2.75) is 12.5 Å². The van der Waals surface area contributed by atoms with Crippen molar-refractivity contribution in [3.8, 4) is 0 Å². The van der Waals surface area contributed by atoms with Crippen LogP contribution in [0.3, 0.4) is 0 Å². The standard InChI is InChI=1S/C12H16O4/c1-15-8-11(16-2)10-5-3-9(4-6-10)7-12(13)14/h3-6,11H,7-8H2,1-2H3,(H,13,14). The normalized spacial score (nSPS) is 12.4. The highest BCUT2D eigenvalue weighted by molar-refractivity contribution is 5.70. The van der Waals surface area contributed by atoms with Crippen molar-refractivity contribution in [1.29, 1.82) is 0 Å². The lowest BCUT2D eigenvalue weighted by atomic mass is 10.1. The highest BCUT2D eigenvalue weighted by atomic mass is 16.5. The van der Waals surface area contributed by atoms with Crippen LogP contribution in [0.15, 0.2) is 24.3 Å². The molecule has 0 saturated heterocycles. The zero-order valence-corrected chi connectivity index (χ0v) is 9.47. The van der Waals surface area contributed by atoms with E-state index in [1.54, 1.807) is 26.4 Å². The number of benzene rings is 1. The number of rotatable bonds is 6. The van der Waals surface area contributed by atoms with Crippen LogP contribution in [-0.4, -0.2) is 31.9 Å². The number of hydrogen-bond donors (Lipinski definition) is 1. The van der Waals surface area contributed by atoms with Gasteiger partial charge in [-0.3, -0.25) is 4.79 Å². The van der Waals surface area contributed by atoms with Crippen molar-refractivity contribution >= 4 is 5.97 Å². The molecular formula is C12H16O4. The molecule has 4 nitrogen and oxygen atoms in total. The van der Waals surface area contributed by atoms with Crippen LogP contribution in [0.2, 0.25) is 0 Å². The number of ether oxygens (including phenoxy) is 2. The summed E-state index contributed by atoms with van der Waals surface area (Å²) in [6, 6.07) is 7.33. The maximum atomic E-state index is 10.5. The van der Waals surface area contributed by atoms with Gasteiger partial charge in [-0.15, -0.1) is 0 Å². The predicted octanol–water partition coefficient (Wildman–Crippen LogP) is 1.65. The number of carbonyl (C=O) groups is 1. The molecule has 1 aromatic carbocycles. The Kier molecular flexibility index (Phi) is 4.95. The predicted molar refractivity (Wildman–Crippen MR) is 59.4 cm³/mol. The average molecular weight is 224 g/mol. The number of methoxy groups -OCH3 is 2. The summed E-state index contributed by atoms with van der Waals surface area (Å²) in [6.07, 6.45) is -0.0637. The summed E-state index contributed by atoms with van der Waals surface area (Å²) >= 11 is 0. The lowest BCUT2D eigenvalue weighted by Gasteiger charge is -2.14. The zero-order valence-electron chi connectivity index (χ0n) is 9.47. The molecule has 1 atom stereocenters. The van der Waals surface area contributed by atoms with Gasteiger partial charge >= 0.3 is 5.97 Å². The van der Waals surface area contributed by atoms with E-state index >= 15 is 0 Å². The molecule has 1 aromatic rings. The van der Waals surface area contributed by atoms with Crippen molar-refractivity contribution in [3.05, 3.63) is 35.4 Å². The minimum Gasteiger partial charge on any atom is -0.481 e. The van der Waals surface area contributed by atoms with Crippen molar-refractivity contribution in [1.82, 2.24) is 0 Å². The molecule has 4 heteroatoms. The second-order valence-corrected chi connectivity index (χ2v) is 3.49. The first-order valence-electron chi connectivity index (χ1n) is 4.99. The molecule has 0 heterocycles. The summed E-state index contributed by atoms with van der Waals surface area (Å²) in [4.78, 5) is 10.5. The van der Waals surface area contributed by atoms with Crippen LogP contribution in [0.1, 0.15) is 17.2 Å². The molecular weight excluding hydrogens is 208 g/mol. The lowest BCUT2D eigenvalue weighted by molar-refractivity contribution is -0.136. The summed E-state index contributed by atoms with van der Waals surface area (Å²) < 4.78 is 10.3. The second kappa shape index (κ2) is 6.25. The lowest BCUT2D eigenvalue weighted by Crippen LogP contribution is -2.08. The molecule has 1 N–H and O–H groups in total. The van der Waals surface area contributed by atoms with Gasteiger partial charge < -0.3 is 14.6 Å². The highest BCUT2D eigenvalue weighted by Gasteiger charge is 2.10. The first kappa shape index (κ1) is 12.7. The third-order valence-electron chi connectivity index (χ3n) is 2.31. The topological polar surface area (TPSA) is 55.8 Å². The zero-order chi connectivity index (χ0) is 12.0. The van der Waals surface area contributed by atoms with Crippen LogP contribution in [0.25, 0.3) is 0 Å². The molecule has 0 radical (unpaired) electrons. The fourth-order valence-corrected chi connectivity index (χ4v) is 1.48. The highest BCUT2D eigenvalue weighted by Crippen LogP contribution is 2.17. The molecule has 0 spiro atoms. The molecule has 1 unspecified atom stereocenters. The maximum absolute atomic E-state index is 10.5. The van der Waals surface area contributed by atoms with Crippen LogP contribution in [0.4, 0.5) is 0 Å². The van der Waals surface area contributed by atoms with Gasteiger partial charge in [0.2, 0.25) is 0 Å². The largest absolute Gasteiger partial charge is 0.481 e. The fourth-order valence-electron chi connectivity index (χ4n) is 1.48. The molecule has 1 rings (SSSR count). The van der Waals surface area contributed by atoms with E-state index in [1.807, 2.05) is 12.1 Å². The van der Waals surface area contributed by atoms with Gasteiger partial charge in [-0.25, -0.2) is 0 Å². The van der Waals surface area contributed by atoms with Gasteiger partial charge in [-0.1, -0.05) is 24.3 Å². The Morgan fingerprint density at radius 3 is 2.38 bits per heavy atom. The van der Waals surface area contributed by atoms with Crippen molar-refractivity contribution in [3.63, 3.8) is 0 Å². The number of carboxylic acids is 1. The van der Waals surface area contributed by atoms with Gasteiger partial charge in [-0.2, -0.15) is 0 Å². The number of carboxylic acid groups (broad SMARTS) is 1. The Morgan fingerprint density at radius 2 is 1.94 bits per heavy atom. The summed E-state index contributed by atoms with van der Waals surface area (Å²) in [5, 5.41) is 8.63. The molecule has 0 amide bonds. The van der Waals surface area contributed by atoms with Crippen molar-refractivity contribution in [2.75, 3.05) is 20.8 Å². The third-order valence-corrected chi connectivity index (χ3v) is 2.31. The quantitative estimate of drug-likeness (QED) is 0.798. The Hall–Kier alpha value is -1.39. The first-order chi connectivity index (χ1) is 7.67. The number of aliphatic carboxylic acids is 1. The van der Waals surface area contributed by atoms with Crippen LogP contribution in [-0.2, 0) is 20.7 Å². The average Bonchev–Trinajstić information content (AvgIpc) is 2.26. The monoisotopic (exact) mass is 224 g/mol. The van der Waals surface area contributed by atoms with E-state index in [1.165, 1.54) is 0 Å². The molecule has 0 aliphatic heterocycles. The molecule has 0 bridgehead atoms. The van der Waals surface area contributed by atoms with Crippen LogP contribution < -0.4 is 0 Å². The Labute approximate surface area is 94.8 Å². The molecule has 0 aromatic heterocycles. The molecule has 0 saturated carbocycles. The minimum atomic E-state index is -0.826. The van der Waals surface area contributed by atoms with E-state index in [0.717, 1.165) is 11.1 Å². The fraction of sp³-hybridized carbons (Fsp3) is 0.417. The SMILES string of the molecule is COCC(OC)c1ccc(CC(=O)O)cc1. The third kappa shape index (κ3) is 3.64. The summed E-state index contributed by atoms with van der Waals surface area (Å²) in [7, 11) is 3.24. The van der Waals surface area contributed by atoms with Gasteiger partial charge in [0.05, 0.1) is 13.0 Å². The minimum absolute atomic E-state index is 0.0439. The van der Waals surface area contributed by atoms with Crippen LogP contribution in [0, 0.1) is 0 Å². The smallest absolute Gasteiger partial charge is 0.307 e. The van der Waals surface area contributed by atoms with E-state index < -0.39 is 5.97 Å². The van der Waals surface area contributed by atoms with E-state index in [4.69, 9.17) is 14.6 Å². The van der Waals surface area contributed by atoms with Gasteiger partial charge in [0.15, 0.2) is 0 Å². The summed E-state index contributed by atoms with van der Waals surface area (Å²) in [5.41, 5.74) is 1.77. The Bertz CT molecular complexity index is 331. The van der Waals surface area contributed by atoms with Gasteiger partial charge in [-0.05, 0) is 11.1 Å². The second-order valence-electron chi connectivity index (χ2n) is 3.49. The van der Waals surface area contributed by atoms with Gasteiger partial charge in [0.25, 0.3) is 0 Å². The maximum Gasteiger partial charge on any atom is 0.307 e. The van der Waals surface area contributed by atoms with Crippen LogP contribution in [0.5, 0.6) is 0 Å². The Morgan fingerprint density at radius 1 is 1.31 bits per heavy atom. The summed E-state index contributed by atoms with van der Waals surface area (Å²) in [6.45, 7) is 0.481. The van der Waals surface area contributed by atoms with Gasteiger partial charge in [0.1, 0.15) is 6.10 Å². The van der Waals surface area contributed by atoms with E-state index in [-0.39, 0.29) is 12.5 Å². The molecule has 0 fully saturated rings. The Balaban J connectivity index is 2.72. The van der Waals surface area contributed by atoms with Crippen molar-refractivity contribution < 1.29 is 19.4 Å². The van der Waals surface area contributed by atoms with E-state index in [9.17, 15) is 4.79 Å². The molecule has 16 heavy (non-hydrogen) atoms. The van der Waals surface area contributed by atoms with Crippen LogP contribution >= 0.6 is 0 Å². The van der Waals surface area contributed by atoms with E-state index in [2.05, 4.69) is 0 Å². The van der Waals surface area contributed by atoms with Gasteiger partial charge in [0, 0.05) is 14.2 Å². The van der Waals surface area contributed by atoms with Crippen molar-refractivity contribution in [2.24, 2.45) is 0 Å².